The molecule has 0 aliphatic heterocycles. The highest BCUT2D eigenvalue weighted by molar-refractivity contribution is 9.10. The average molecular weight is 316 g/mol. The Hall–Kier alpha value is -1.40. The van der Waals surface area contributed by atoms with Crippen molar-refractivity contribution in [2.45, 2.75) is 6.92 Å². The highest BCUT2D eigenvalue weighted by Gasteiger charge is 2.04. The molecular formula is C10H8BrClN4O. The predicted octanol–water partition coefficient (Wildman–Crippen LogP) is 3.84. The Morgan fingerprint density at radius 1 is 1.29 bits per heavy atom. The van der Waals surface area contributed by atoms with Crippen LogP contribution in [0.15, 0.2) is 37.7 Å². The number of benzene rings is 1. The molecule has 7 heteroatoms. The normalized spacial score (nSPS) is 11.2. The lowest BCUT2D eigenvalue weighted by Crippen LogP contribution is -1.96. The van der Waals surface area contributed by atoms with Gasteiger partial charge in [0.15, 0.2) is 5.69 Å². The first-order valence-electron chi connectivity index (χ1n) is 4.72. The predicted molar refractivity (Wildman–Crippen MR) is 69.5 cm³/mol. The molecule has 0 amide bonds. The van der Waals surface area contributed by atoms with Crippen molar-refractivity contribution in [1.82, 2.24) is 10.2 Å². The summed E-state index contributed by atoms with van der Waals surface area (Å²) >= 11 is 9.19. The molecule has 2 rings (SSSR count). The van der Waals surface area contributed by atoms with E-state index in [1.54, 1.807) is 25.1 Å². The van der Waals surface area contributed by atoms with Crippen LogP contribution in [0.4, 0.5) is 11.4 Å². The van der Waals surface area contributed by atoms with Gasteiger partial charge in [-0.1, -0.05) is 11.6 Å². The number of aryl methyl sites for hydroxylation is 1. The molecule has 2 N–H and O–H groups in total. The number of nitrogens with one attached hydrogen (secondary N) is 2. The number of H-pyrrole nitrogens is 2. The van der Waals surface area contributed by atoms with Gasteiger partial charge in [-0.05, 0) is 41.1 Å². The van der Waals surface area contributed by atoms with E-state index in [9.17, 15) is 4.79 Å². The van der Waals surface area contributed by atoms with Gasteiger partial charge in [-0.15, -0.1) is 5.11 Å². The van der Waals surface area contributed by atoms with E-state index in [2.05, 4.69) is 36.4 Å². The number of aromatic nitrogens is 2. The largest absolute Gasteiger partial charge is 0.300 e. The Labute approximate surface area is 110 Å². The number of hydrogen-bond acceptors (Lipinski definition) is 3. The van der Waals surface area contributed by atoms with E-state index in [0.29, 0.717) is 16.4 Å². The molecule has 0 spiro atoms. The summed E-state index contributed by atoms with van der Waals surface area (Å²) in [5.41, 5.74) is 1.19. The van der Waals surface area contributed by atoms with E-state index >= 15 is 0 Å². The summed E-state index contributed by atoms with van der Waals surface area (Å²) < 4.78 is 0.786. The summed E-state index contributed by atoms with van der Waals surface area (Å²) in [6.45, 7) is 1.74. The Morgan fingerprint density at radius 2 is 2.06 bits per heavy atom. The summed E-state index contributed by atoms with van der Waals surface area (Å²) in [7, 11) is 0. The van der Waals surface area contributed by atoms with E-state index in [-0.39, 0.29) is 11.2 Å². The Bertz CT molecular complexity index is 631. The SMILES string of the molecule is Cc1[nH][nH]c(=O)c1N=Nc1ccc(Br)c(Cl)c1. The number of aromatic amines is 2. The van der Waals surface area contributed by atoms with Gasteiger partial charge < -0.3 is 5.10 Å². The fourth-order valence-corrected chi connectivity index (χ4v) is 1.64. The number of hydrogen-bond donors (Lipinski definition) is 2. The molecule has 0 aliphatic rings. The van der Waals surface area contributed by atoms with Crippen LogP contribution in [0.5, 0.6) is 0 Å². The summed E-state index contributed by atoms with van der Waals surface area (Å²) in [6, 6.07) is 5.17. The minimum Gasteiger partial charge on any atom is -0.300 e. The van der Waals surface area contributed by atoms with Crippen LogP contribution in [-0.4, -0.2) is 10.2 Å². The van der Waals surface area contributed by atoms with Crippen molar-refractivity contribution in [2.24, 2.45) is 10.2 Å². The third-order valence-electron chi connectivity index (χ3n) is 2.10. The highest BCUT2D eigenvalue weighted by Crippen LogP contribution is 2.27. The van der Waals surface area contributed by atoms with Gasteiger partial charge >= 0.3 is 0 Å². The highest BCUT2D eigenvalue weighted by atomic mass is 79.9. The molecule has 0 saturated heterocycles. The molecule has 0 radical (unpaired) electrons. The second-order valence-corrected chi connectivity index (χ2v) is 4.61. The van der Waals surface area contributed by atoms with Crippen molar-refractivity contribution < 1.29 is 0 Å². The summed E-state index contributed by atoms with van der Waals surface area (Å²) in [5, 5.41) is 13.5. The first-order chi connectivity index (χ1) is 8.08. The molecular weight excluding hydrogens is 307 g/mol. The molecule has 2 aromatic rings. The first-order valence-corrected chi connectivity index (χ1v) is 5.89. The second-order valence-electron chi connectivity index (χ2n) is 3.35. The van der Waals surface area contributed by atoms with Crippen molar-refractivity contribution in [2.75, 3.05) is 0 Å². The van der Waals surface area contributed by atoms with Gasteiger partial charge in [0.25, 0.3) is 5.56 Å². The maximum atomic E-state index is 11.3. The van der Waals surface area contributed by atoms with Crippen LogP contribution in [0.3, 0.4) is 0 Å². The number of nitrogens with zero attached hydrogens (tertiary/aromatic N) is 2. The molecule has 0 saturated carbocycles. The molecule has 0 atom stereocenters. The van der Waals surface area contributed by atoms with Gasteiger partial charge in [0.05, 0.1) is 16.4 Å². The lowest BCUT2D eigenvalue weighted by molar-refractivity contribution is 1.02. The molecule has 17 heavy (non-hydrogen) atoms. The third-order valence-corrected chi connectivity index (χ3v) is 3.33. The fraction of sp³-hybridized carbons (Fsp3) is 0.100. The molecule has 0 bridgehead atoms. The molecule has 0 aliphatic carbocycles. The maximum absolute atomic E-state index is 11.3. The van der Waals surface area contributed by atoms with E-state index in [4.69, 9.17) is 11.6 Å². The van der Waals surface area contributed by atoms with Crippen LogP contribution >= 0.6 is 27.5 Å². The van der Waals surface area contributed by atoms with Crippen LogP contribution < -0.4 is 5.56 Å². The van der Waals surface area contributed by atoms with Crippen molar-refractivity contribution in [3.8, 4) is 0 Å². The second kappa shape index (κ2) is 4.85. The lowest BCUT2D eigenvalue weighted by Gasteiger charge is -1.96. The third kappa shape index (κ3) is 2.65. The standard InChI is InChI=1S/C10H8BrClN4O/c1-5-9(10(17)16-13-5)15-14-6-2-3-7(11)8(12)4-6/h2-4H,1H3,(H2,13,16,17). The Balaban J connectivity index is 2.32. The fourth-order valence-electron chi connectivity index (χ4n) is 1.21. The van der Waals surface area contributed by atoms with Crippen LogP contribution in [-0.2, 0) is 0 Å². The van der Waals surface area contributed by atoms with Crippen LogP contribution in [0.2, 0.25) is 5.02 Å². The van der Waals surface area contributed by atoms with Gasteiger partial charge in [-0.25, -0.2) is 0 Å². The number of halogens is 2. The van der Waals surface area contributed by atoms with Crippen LogP contribution in [0, 0.1) is 6.92 Å². The average Bonchev–Trinajstić information content (AvgIpc) is 2.61. The van der Waals surface area contributed by atoms with Gasteiger partial charge in [-0.2, -0.15) is 5.11 Å². The van der Waals surface area contributed by atoms with Crippen molar-refractivity contribution >= 4 is 38.9 Å². The maximum Gasteiger partial charge on any atom is 0.291 e. The topological polar surface area (TPSA) is 73.4 Å². The van der Waals surface area contributed by atoms with E-state index in [1.165, 1.54) is 0 Å². The number of azo groups is 1. The van der Waals surface area contributed by atoms with Gasteiger partial charge in [-0.3, -0.25) is 9.89 Å². The van der Waals surface area contributed by atoms with E-state index < -0.39 is 0 Å². The Kier molecular flexibility index (Phi) is 3.44. The van der Waals surface area contributed by atoms with Gasteiger partial charge in [0.2, 0.25) is 0 Å². The van der Waals surface area contributed by atoms with Crippen molar-refractivity contribution in [3.63, 3.8) is 0 Å². The van der Waals surface area contributed by atoms with E-state index in [0.717, 1.165) is 4.47 Å². The molecule has 1 heterocycles. The Morgan fingerprint density at radius 3 is 2.65 bits per heavy atom. The minimum atomic E-state index is -0.297. The van der Waals surface area contributed by atoms with Gasteiger partial charge in [0.1, 0.15) is 0 Å². The molecule has 5 nitrogen and oxygen atoms in total. The molecule has 0 unspecified atom stereocenters. The lowest BCUT2D eigenvalue weighted by atomic mass is 10.3. The minimum absolute atomic E-state index is 0.268. The van der Waals surface area contributed by atoms with E-state index in [1.807, 2.05) is 0 Å². The molecule has 1 aromatic heterocycles. The van der Waals surface area contributed by atoms with Crippen molar-refractivity contribution in [3.05, 3.63) is 43.7 Å². The van der Waals surface area contributed by atoms with Crippen LogP contribution in [0.1, 0.15) is 5.69 Å². The summed E-state index contributed by atoms with van der Waals surface area (Å²) in [6.07, 6.45) is 0. The summed E-state index contributed by atoms with van der Waals surface area (Å²) in [4.78, 5) is 11.3. The quantitative estimate of drug-likeness (QED) is 0.812. The van der Waals surface area contributed by atoms with Crippen molar-refractivity contribution in [1.29, 1.82) is 0 Å². The van der Waals surface area contributed by atoms with Gasteiger partial charge in [0, 0.05) is 4.47 Å². The number of rotatable bonds is 2. The zero-order chi connectivity index (χ0) is 12.4. The monoisotopic (exact) mass is 314 g/mol. The molecule has 0 fully saturated rings. The molecule has 1 aromatic carbocycles. The molecule has 88 valence electrons. The summed E-state index contributed by atoms with van der Waals surface area (Å²) in [5.74, 6) is 0. The van der Waals surface area contributed by atoms with Crippen LogP contribution in [0.25, 0.3) is 0 Å². The first kappa shape index (κ1) is 12.1. The zero-order valence-corrected chi connectivity index (χ0v) is 11.1. The smallest absolute Gasteiger partial charge is 0.291 e. The zero-order valence-electron chi connectivity index (χ0n) is 8.79.